The number of benzene rings is 2. The first-order valence-corrected chi connectivity index (χ1v) is 8.20. The van der Waals surface area contributed by atoms with E-state index in [0.29, 0.717) is 12.1 Å². The fourth-order valence-electron chi connectivity index (χ4n) is 1.52. The van der Waals surface area contributed by atoms with E-state index in [4.69, 9.17) is 34.8 Å². The first-order chi connectivity index (χ1) is 10.2. The maximum absolute atomic E-state index is 13.5. The molecule has 2 aromatic carbocycles. The third-order valence-corrected chi connectivity index (χ3v) is 4.58. The third kappa shape index (κ3) is 3.80. The van der Waals surface area contributed by atoms with Gasteiger partial charge in [0.1, 0.15) is 16.5 Å². The molecule has 4 nitrogen and oxygen atoms in total. The molecule has 2 aromatic rings. The monoisotopic (exact) mass is 386 g/mol. The van der Waals surface area contributed by atoms with Crippen molar-refractivity contribution in [3.8, 4) is 0 Å². The van der Waals surface area contributed by atoms with E-state index in [1.54, 1.807) is 0 Å². The summed E-state index contributed by atoms with van der Waals surface area (Å²) >= 11 is 17.5. The predicted molar refractivity (Wildman–Crippen MR) is 81.8 cm³/mol. The lowest BCUT2D eigenvalue weighted by molar-refractivity contribution is 0.549. The second-order valence-electron chi connectivity index (χ2n) is 4.05. The van der Waals surface area contributed by atoms with Gasteiger partial charge in [-0.1, -0.05) is 34.8 Å². The molecule has 10 heteroatoms. The first kappa shape index (κ1) is 17.2. The van der Waals surface area contributed by atoms with Crippen LogP contribution >= 0.6 is 34.8 Å². The summed E-state index contributed by atoms with van der Waals surface area (Å²) in [5.41, 5.74) is 2.27. The van der Waals surface area contributed by atoms with Crippen molar-refractivity contribution in [3.05, 3.63) is 57.0 Å². The van der Waals surface area contributed by atoms with Crippen molar-refractivity contribution in [1.82, 2.24) is 4.83 Å². The zero-order chi connectivity index (χ0) is 16.5. The van der Waals surface area contributed by atoms with Crippen LogP contribution in [0.4, 0.5) is 14.5 Å². The molecule has 0 aliphatic heterocycles. The van der Waals surface area contributed by atoms with Gasteiger partial charge < -0.3 is 5.43 Å². The van der Waals surface area contributed by atoms with Gasteiger partial charge in [-0.25, -0.2) is 17.2 Å². The Labute approximate surface area is 140 Å². The summed E-state index contributed by atoms with van der Waals surface area (Å²) in [7, 11) is -4.38. The highest BCUT2D eigenvalue weighted by Crippen LogP contribution is 2.33. The number of hydrazine groups is 1. The Balaban J connectivity index is 2.29. The number of nitrogens with one attached hydrogen (secondary N) is 2. The van der Waals surface area contributed by atoms with Crippen LogP contribution in [0, 0.1) is 11.6 Å². The largest absolute Gasteiger partial charge is 0.305 e. The van der Waals surface area contributed by atoms with Gasteiger partial charge in [-0.2, -0.15) is 0 Å². The Bertz CT molecular complexity index is 808. The Morgan fingerprint density at radius 2 is 1.55 bits per heavy atom. The van der Waals surface area contributed by atoms with Gasteiger partial charge in [0.25, 0.3) is 10.0 Å². The summed E-state index contributed by atoms with van der Waals surface area (Å²) in [4.78, 5) is 1.00. The molecular formula is C12H7Cl3F2N2O2S. The lowest BCUT2D eigenvalue weighted by Crippen LogP contribution is -2.30. The minimum atomic E-state index is -4.38. The number of hydrogen-bond acceptors (Lipinski definition) is 3. The molecule has 0 spiro atoms. The molecule has 0 bridgehead atoms. The van der Waals surface area contributed by atoms with E-state index in [9.17, 15) is 17.2 Å². The molecule has 22 heavy (non-hydrogen) atoms. The van der Waals surface area contributed by atoms with Gasteiger partial charge in [0.05, 0.1) is 15.7 Å². The molecule has 0 saturated carbocycles. The van der Waals surface area contributed by atoms with E-state index in [1.807, 2.05) is 4.83 Å². The van der Waals surface area contributed by atoms with E-state index in [-0.39, 0.29) is 20.8 Å². The lowest BCUT2D eigenvalue weighted by Gasteiger charge is -2.13. The first-order valence-electron chi connectivity index (χ1n) is 5.58. The molecule has 0 aliphatic rings. The highest BCUT2D eigenvalue weighted by molar-refractivity contribution is 7.89. The Morgan fingerprint density at radius 1 is 0.955 bits per heavy atom. The maximum Gasteiger partial charge on any atom is 0.260 e. The predicted octanol–water partition coefficient (Wildman–Crippen LogP) is 4.23. The minimum Gasteiger partial charge on any atom is -0.305 e. The standard InChI is InChI=1S/C12H7Cl3F2N2O2S/c13-6-3-8(14)12(9(15)4-6)18-19-22(20,21)11-5-7(16)1-2-10(11)17/h1-5,18-19H. The van der Waals surface area contributed by atoms with Crippen LogP contribution in [0.5, 0.6) is 0 Å². The van der Waals surface area contributed by atoms with Crippen LogP contribution in [0.3, 0.4) is 0 Å². The van der Waals surface area contributed by atoms with E-state index in [2.05, 4.69) is 5.43 Å². The summed E-state index contributed by atoms with van der Waals surface area (Å²) in [5.74, 6) is -2.01. The molecule has 2 rings (SSSR count). The van der Waals surface area contributed by atoms with E-state index in [0.717, 1.165) is 6.07 Å². The van der Waals surface area contributed by atoms with Crippen molar-refractivity contribution in [1.29, 1.82) is 0 Å². The van der Waals surface area contributed by atoms with Crippen LogP contribution in [0.2, 0.25) is 15.1 Å². The SMILES string of the molecule is O=S(=O)(NNc1c(Cl)cc(Cl)cc1Cl)c1cc(F)ccc1F. The summed E-state index contributed by atoms with van der Waals surface area (Å²) in [6.07, 6.45) is 0. The quantitative estimate of drug-likeness (QED) is 0.772. The van der Waals surface area contributed by atoms with Gasteiger partial charge >= 0.3 is 0 Å². The van der Waals surface area contributed by atoms with Gasteiger partial charge in [0.15, 0.2) is 0 Å². The van der Waals surface area contributed by atoms with Crippen molar-refractivity contribution < 1.29 is 17.2 Å². The number of sulfonamides is 1. The second kappa shape index (κ2) is 6.55. The summed E-state index contributed by atoms with van der Waals surface area (Å²) < 4.78 is 50.5. The number of halogens is 5. The molecule has 0 amide bonds. The number of rotatable bonds is 4. The summed E-state index contributed by atoms with van der Waals surface area (Å²) in [5, 5.41) is 0.333. The number of hydrogen-bond donors (Lipinski definition) is 2. The fourth-order valence-corrected chi connectivity index (χ4v) is 3.37. The van der Waals surface area contributed by atoms with Gasteiger partial charge in [-0.05, 0) is 30.3 Å². The van der Waals surface area contributed by atoms with Gasteiger partial charge in [-0.3, -0.25) is 0 Å². The van der Waals surface area contributed by atoms with Crippen molar-refractivity contribution in [3.63, 3.8) is 0 Å². The van der Waals surface area contributed by atoms with E-state index < -0.39 is 26.6 Å². The Hall–Kier alpha value is -1.12. The molecule has 0 aromatic heterocycles. The molecule has 0 saturated heterocycles. The molecule has 118 valence electrons. The number of anilines is 1. The van der Waals surface area contributed by atoms with Crippen molar-refractivity contribution in [2.45, 2.75) is 4.90 Å². The summed E-state index contributed by atoms with van der Waals surface area (Å²) in [6, 6.07) is 4.70. The Morgan fingerprint density at radius 3 is 2.14 bits per heavy atom. The molecule has 2 N–H and O–H groups in total. The molecule has 0 unspecified atom stereocenters. The molecule has 0 heterocycles. The second-order valence-corrected chi connectivity index (χ2v) is 6.95. The van der Waals surface area contributed by atoms with Crippen LogP contribution < -0.4 is 10.3 Å². The van der Waals surface area contributed by atoms with Gasteiger partial charge in [0.2, 0.25) is 0 Å². The van der Waals surface area contributed by atoms with Crippen molar-refractivity contribution in [2.24, 2.45) is 0 Å². The van der Waals surface area contributed by atoms with Crippen LogP contribution in [0.15, 0.2) is 35.2 Å². The molecule has 0 atom stereocenters. The minimum absolute atomic E-state index is 0.0214. The Kier molecular flexibility index (Phi) is 5.14. The third-order valence-electron chi connectivity index (χ3n) is 2.50. The zero-order valence-corrected chi connectivity index (χ0v) is 13.6. The average Bonchev–Trinajstić information content (AvgIpc) is 2.40. The van der Waals surface area contributed by atoms with Gasteiger partial charge in [0, 0.05) is 5.02 Å². The van der Waals surface area contributed by atoms with Crippen molar-refractivity contribution >= 4 is 50.5 Å². The molecule has 0 fully saturated rings. The molecule has 0 aliphatic carbocycles. The average molecular weight is 388 g/mol. The highest BCUT2D eigenvalue weighted by Gasteiger charge is 2.20. The lowest BCUT2D eigenvalue weighted by atomic mass is 10.3. The molecule has 0 radical (unpaired) electrons. The topological polar surface area (TPSA) is 58.2 Å². The maximum atomic E-state index is 13.5. The highest BCUT2D eigenvalue weighted by atomic mass is 35.5. The van der Waals surface area contributed by atoms with Crippen LogP contribution in [-0.2, 0) is 10.0 Å². The van der Waals surface area contributed by atoms with E-state index in [1.165, 1.54) is 12.1 Å². The summed E-state index contributed by atoms with van der Waals surface area (Å²) in [6.45, 7) is 0. The molecular weight excluding hydrogens is 381 g/mol. The van der Waals surface area contributed by atoms with Crippen LogP contribution in [-0.4, -0.2) is 8.42 Å². The van der Waals surface area contributed by atoms with Crippen LogP contribution in [0.1, 0.15) is 0 Å². The fraction of sp³-hybridized carbons (Fsp3) is 0. The zero-order valence-electron chi connectivity index (χ0n) is 10.5. The smallest absolute Gasteiger partial charge is 0.260 e. The normalized spacial score (nSPS) is 11.5. The van der Waals surface area contributed by atoms with Crippen molar-refractivity contribution in [2.75, 3.05) is 5.43 Å². The van der Waals surface area contributed by atoms with Crippen LogP contribution in [0.25, 0.3) is 0 Å². The van der Waals surface area contributed by atoms with Gasteiger partial charge in [-0.15, -0.1) is 4.83 Å². The van der Waals surface area contributed by atoms with E-state index >= 15 is 0 Å².